The average Bonchev–Trinajstić information content (AvgIpc) is 2.79. The van der Waals surface area contributed by atoms with E-state index in [9.17, 15) is 13.2 Å². The van der Waals surface area contributed by atoms with Gasteiger partial charge in [-0.15, -0.1) is 11.8 Å². The van der Waals surface area contributed by atoms with Crippen LogP contribution in [0.3, 0.4) is 0 Å². The first kappa shape index (κ1) is 25.0. The van der Waals surface area contributed by atoms with Crippen LogP contribution in [0, 0.1) is 13.8 Å². The molecule has 0 aliphatic heterocycles. The number of carbonyl (C=O) groups is 1. The Balaban J connectivity index is 2.06. The molecule has 0 unspecified atom stereocenters. The van der Waals surface area contributed by atoms with Crippen LogP contribution in [0.1, 0.15) is 11.1 Å². The summed E-state index contributed by atoms with van der Waals surface area (Å²) in [6, 6.07) is 17.1. The van der Waals surface area contributed by atoms with Gasteiger partial charge in [0.25, 0.3) is 10.0 Å². The first-order valence-corrected chi connectivity index (χ1v) is 13.1. The lowest BCUT2D eigenvalue weighted by Gasteiger charge is -2.25. The van der Waals surface area contributed by atoms with E-state index >= 15 is 0 Å². The molecule has 0 aliphatic rings. The number of carbonyl (C=O) groups excluding carboxylic acids is 1. The maximum atomic E-state index is 13.8. The van der Waals surface area contributed by atoms with Crippen molar-refractivity contribution in [1.82, 2.24) is 0 Å². The van der Waals surface area contributed by atoms with Crippen molar-refractivity contribution in [3.8, 4) is 5.75 Å². The molecular formula is C24H25ClN2O4S2. The largest absolute Gasteiger partial charge is 0.495 e. The second kappa shape index (κ2) is 10.5. The number of benzene rings is 3. The highest BCUT2D eigenvalue weighted by Gasteiger charge is 2.30. The predicted octanol–water partition coefficient (Wildman–Crippen LogP) is 5.52. The minimum atomic E-state index is -4.17. The average molecular weight is 505 g/mol. The van der Waals surface area contributed by atoms with Gasteiger partial charge in [0.05, 0.1) is 18.5 Å². The zero-order valence-corrected chi connectivity index (χ0v) is 21.1. The van der Waals surface area contributed by atoms with E-state index in [2.05, 4.69) is 5.32 Å². The molecule has 174 valence electrons. The second-order valence-corrected chi connectivity index (χ2v) is 10.4. The molecule has 1 N–H and O–H groups in total. The summed E-state index contributed by atoms with van der Waals surface area (Å²) in [5.41, 5.74) is 2.43. The molecule has 9 heteroatoms. The Morgan fingerprint density at radius 2 is 1.82 bits per heavy atom. The van der Waals surface area contributed by atoms with Crippen LogP contribution in [0.25, 0.3) is 0 Å². The van der Waals surface area contributed by atoms with E-state index in [1.54, 1.807) is 49.4 Å². The van der Waals surface area contributed by atoms with Crippen molar-refractivity contribution in [3.63, 3.8) is 0 Å². The van der Waals surface area contributed by atoms with Gasteiger partial charge in [-0.25, -0.2) is 8.42 Å². The number of nitrogens with zero attached hydrogens (tertiary/aromatic N) is 1. The molecule has 1 amide bonds. The van der Waals surface area contributed by atoms with Crippen LogP contribution in [0.2, 0.25) is 5.02 Å². The number of rotatable bonds is 8. The normalized spacial score (nSPS) is 11.2. The molecule has 0 bridgehead atoms. The van der Waals surface area contributed by atoms with Gasteiger partial charge < -0.3 is 10.1 Å². The molecule has 0 spiro atoms. The molecule has 0 atom stereocenters. The van der Waals surface area contributed by atoms with Crippen molar-refractivity contribution < 1.29 is 17.9 Å². The quantitative estimate of drug-likeness (QED) is 0.409. The first-order chi connectivity index (χ1) is 15.7. The Labute approximate surface area is 204 Å². The third kappa shape index (κ3) is 5.63. The molecule has 0 fully saturated rings. The molecule has 0 heterocycles. The standard InChI is InChI=1S/C24H25ClN2O4S2/c1-16-9-12-21(31-3)23(13-16)33(29,30)27(18-11-10-17(2)19(25)14-18)15-24(28)26-20-7-5-6-8-22(20)32-4/h5-14H,15H2,1-4H3,(H,26,28). The van der Waals surface area contributed by atoms with Crippen LogP contribution in [0.5, 0.6) is 5.75 Å². The fourth-order valence-corrected chi connectivity index (χ4v) is 5.61. The number of thioether (sulfide) groups is 1. The van der Waals surface area contributed by atoms with Gasteiger partial charge in [0.2, 0.25) is 5.91 Å². The van der Waals surface area contributed by atoms with Crippen LogP contribution < -0.4 is 14.4 Å². The lowest BCUT2D eigenvalue weighted by atomic mass is 10.2. The molecule has 0 saturated heterocycles. The van der Waals surface area contributed by atoms with Gasteiger partial charge in [0.15, 0.2) is 0 Å². The smallest absolute Gasteiger partial charge is 0.268 e. The second-order valence-electron chi connectivity index (χ2n) is 7.35. The van der Waals surface area contributed by atoms with Crippen molar-refractivity contribution in [2.45, 2.75) is 23.6 Å². The Morgan fingerprint density at radius 1 is 1.09 bits per heavy atom. The number of ether oxygens (including phenoxy) is 1. The molecule has 33 heavy (non-hydrogen) atoms. The molecule has 0 aromatic heterocycles. The molecular weight excluding hydrogens is 480 g/mol. The number of halogens is 1. The number of hydrogen-bond donors (Lipinski definition) is 1. The highest BCUT2D eigenvalue weighted by molar-refractivity contribution is 7.98. The van der Waals surface area contributed by atoms with Gasteiger partial charge in [0.1, 0.15) is 17.2 Å². The summed E-state index contributed by atoms with van der Waals surface area (Å²) in [5, 5.41) is 3.22. The van der Waals surface area contributed by atoms with E-state index in [1.165, 1.54) is 24.9 Å². The zero-order chi connectivity index (χ0) is 24.2. The number of anilines is 2. The lowest BCUT2D eigenvalue weighted by Crippen LogP contribution is -2.38. The van der Waals surface area contributed by atoms with Crippen LogP contribution in [0.4, 0.5) is 11.4 Å². The van der Waals surface area contributed by atoms with E-state index in [1.807, 2.05) is 25.3 Å². The zero-order valence-electron chi connectivity index (χ0n) is 18.8. The monoisotopic (exact) mass is 504 g/mol. The van der Waals surface area contributed by atoms with Gasteiger partial charge >= 0.3 is 0 Å². The summed E-state index contributed by atoms with van der Waals surface area (Å²) < 4.78 is 33.9. The third-order valence-corrected chi connectivity index (χ3v) is 8.00. The van der Waals surface area contributed by atoms with Gasteiger partial charge in [-0.3, -0.25) is 9.10 Å². The molecule has 3 aromatic rings. The van der Waals surface area contributed by atoms with Crippen LogP contribution >= 0.6 is 23.4 Å². The summed E-state index contributed by atoms with van der Waals surface area (Å²) >= 11 is 7.78. The number of nitrogens with one attached hydrogen (secondary N) is 1. The number of hydrogen-bond acceptors (Lipinski definition) is 5. The van der Waals surface area contributed by atoms with Crippen molar-refractivity contribution in [1.29, 1.82) is 0 Å². The number of methoxy groups -OCH3 is 1. The minimum absolute atomic E-state index is 0.0287. The predicted molar refractivity (Wildman–Crippen MR) is 135 cm³/mol. The molecule has 0 saturated carbocycles. The van der Waals surface area contributed by atoms with Gasteiger partial charge in [0, 0.05) is 9.92 Å². The topological polar surface area (TPSA) is 75.7 Å². The number of amides is 1. The first-order valence-electron chi connectivity index (χ1n) is 10.0. The van der Waals surface area contributed by atoms with E-state index in [0.717, 1.165) is 20.3 Å². The van der Waals surface area contributed by atoms with E-state index in [4.69, 9.17) is 16.3 Å². The summed E-state index contributed by atoms with van der Waals surface area (Å²) in [5.74, 6) is -0.291. The third-order valence-electron chi connectivity index (χ3n) is 5.00. The molecule has 0 radical (unpaired) electrons. The summed E-state index contributed by atoms with van der Waals surface area (Å²) in [4.78, 5) is 13.9. The van der Waals surface area contributed by atoms with Crippen LogP contribution in [-0.2, 0) is 14.8 Å². The Hall–Kier alpha value is -2.68. The van der Waals surface area contributed by atoms with E-state index < -0.39 is 22.5 Å². The van der Waals surface area contributed by atoms with Crippen LogP contribution in [-0.4, -0.2) is 34.2 Å². The summed E-state index contributed by atoms with van der Waals surface area (Å²) in [7, 11) is -2.76. The molecule has 6 nitrogen and oxygen atoms in total. The van der Waals surface area contributed by atoms with Gasteiger partial charge in [-0.2, -0.15) is 0 Å². The molecule has 0 aliphatic carbocycles. The van der Waals surface area contributed by atoms with Gasteiger partial charge in [-0.05, 0) is 67.6 Å². The Kier molecular flexibility index (Phi) is 7.94. The fraction of sp³-hybridized carbons (Fsp3) is 0.208. The summed E-state index contributed by atoms with van der Waals surface area (Å²) in [6.45, 7) is 3.17. The highest BCUT2D eigenvalue weighted by Crippen LogP contribution is 2.33. The Morgan fingerprint density at radius 3 is 2.48 bits per heavy atom. The van der Waals surface area contributed by atoms with Crippen molar-refractivity contribution in [3.05, 3.63) is 76.8 Å². The van der Waals surface area contributed by atoms with Crippen molar-refractivity contribution >= 4 is 50.7 Å². The number of sulfonamides is 1. The molecule has 3 rings (SSSR count). The lowest BCUT2D eigenvalue weighted by molar-refractivity contribution is -0.114. The van der Waals surface area contributed by atoms with Crippen molar-refractivity contribution in [2.75, 3.05) is 29.5 Å². The maximum Gasteiger partial charge on any atom is 0.268 e. The fourth-order valence-electron chi connectivity index (χ4n) is 3.22. The van der Waals surface area contributed by atoms with Gasteiger partial charge in [-0.1, -0.05) is 35.9 Å². The van der Waals surface area contributed by atoms with E-state index in [0.29, 0.717) is 10.7 Å². The summed E-state index contributed by atoms with van der Waals surface area (Å²) in [6.07, 6.45) is 1.90. The number of para-hydroxylation sites is 1. The van der Waals surface area contributed by atoms with Crippen molar-refractivity contribution in [2.24, 2.45) is 0 Å². The maximum absolute atomic E-state index is 13.8. The van der Waals surface area contributed by atoms with E-state index in [-0.39, 0.29) is 16.3 Å². The highest BCUT2D eigenvalue weighted by atomic mass is 35.5. The molecule has 3 aromatic carbocycles. The SMILES string of the molecule is COc1ccc(C)cc1S(=O)(=O)N(CC(=O)Nc1ccccc1SC)c1ccc(C)c(Cl)c1. The van der Waals surface area contributed by atoms with Crippen LogP contribution in [0.15, 0.2) is 70.5 Å². The Bertz CT molecular complexity index is 1280. The number of aryl methyl sites for hydroxylation is 2. The minimum Gasteiger partial charge on any atom is -0.495 e.